The summed E-state index contributed by atoms with van der Waals surface area (Å²) in [5, 5.41) is 31.0. The topological polar surface area (TPSA) is 77.8 Å². The molecule has 4 saturated carbocycles. The maximum atomic E-state index is 11.5. The van der Waals surface area contributed by atoms with E-state index in [2.05, 4.69) is 27.7 Å². The first-order valence-corrected chi connectivity index (χ1v) is 12.2. The van der Waals surface area contributed by atoms with Crippen molar-refractivity contribution in [3.63, 3.8) is 0 Å². The molecule has 4 fully saturated rings. The first-order chi connectivity index (χ1) is 13.6. The Balaban J connectivity index is 1.59. The second kappa shape index (κ2) is 7.51. The molecule has 0 radical (unpaired) electrons. The lowest BCUT2D eigenvalue weighted by Gasteiger charge is -2.64. The minimum atomic E-state index is -0.685. The zero-order chi connectivity index (χ0) is 21.1. The molecule has 4 heteroatoms. The zero-order valence-corrected chi connectivity index (χ0v) is 18.8. The number of carbonyl (C=O) groups is 1. The van der Waals surface area contributed by atoms with Gasteiger partial charge in [-0.1, -0.05) is 27.7 Å². The van der Waals surface area contributed by atoms with Crippen LogP contribution in [-0.2, 0) is 4.79 Å². The van der Waals surface area contributed by atoms with Crippen molar-refractivity contribution in [2.45, 2.75) is 97.7 Å². The third-order valence-corrected chi connectivity index (χ3v) is 10.7. The van der Waals surface area contributed by atoms with Gasteiger partial charge >= 0.3 is 5.97 Å². The number of hydrogen-bond donors (Lipinski definition) is 3. The molecule has 0 unspecified atom stereocenters. The van der Waals surface area contributed by atoms with E-state index in [4.69, 9.17) is 5.11 Å². The third-order valence-electron chi connectivity index (χ3n) is 10.7. The van der Waals surface area contributed by atoms with E-state index < -0.39 is 5.97 Å². The van der Waals surface area contributed by atoms with E-state index in [1.807, 2.05) is 0 Å². The van der Waals surface area contributed by atoms with E-state index in [0.29, 0.717) is 35.5 Å². The van der Waals surface area contributed by atoms with Gasteiger partial charge < -0.3 is 15.3 Å². The number of rotatable bonds is 4. The van der Waals surface area contributed by atoms with Gasteiger partial charge in [0.2, 0.25) is 0 Å². The highest BCUT2D eigenvalue weighted by atomic mass is 16.4. The zero-order valence-electron chi connectivity index (χ0n) is 18.8. The number of carboxylic acids is 1. The van der Waals surface area contributed by atoms with Crippen LogP contribution < -0.4 is 0 Å². The Labute approximate surface area is 176 Å². The second-order valence-corrected chi connectivity index (χ2v) is 11.8. The van der Waals surface area contributed by atoms with E-state index in [-0.39, 0.29) is 35.4 Å². The van der Waals surface area contributed by atoms with Crippen molar-refractivity contribution in [1.29, 1.82) is 0 Å². The van der Waals surface area contributed by atoms with Crippen LogP contribution in [0.3, 0.4) is 0 Å². The number of carboxylic acid groups (broad SMARTS) is 1. The number of aliphatic carboxylic acids is 1. The Morgan fingerprint density at radius 1 is 1.00 bits per heavy atom. The van der Waals surface area contributed by atoms with Gasteiger partial charge in [0.05, 0.1) is 12.2 Å². The average molecular weight is 407 g/mol. The molecule has 0 aromatic rings. The van der Waals surface area contributed by atoms with Crippen molar-refractivity contribution >= 4 is 5.97 Å². The Kier molecular flexibility index (Phi) is 5.60. The first kappa shape index (κ1) is 21.6. The largest absolute Gasteiger partial charge is 0.481 e. The summed E-state index contributed by atoms with van der Waals surface area (Å²) in [5.41, 5.74) is 0.480. The molecule has 4 rings (SSSR count). The molecule has 4 nitrogen and oxygen atoms in total. The van der Waals surface area contributed by atoms with Gasteiger partial charge in [0.25, 0.3) is 0 Å². The van der Waals surface area contributed by atoms with E-state index in [1.165, 1.54) is 25.7 Å². The van der Waals surface area contributed by atoms with Gasteiger partial charge in [-0.2, -0.15) is 0 Å². The van der Waals surface area contributed by atoms with Gasteiger partial charge in [-0.25, -0.2) is 0 Å². The van der Waals surface area contributed by atoms with Crippen molar-refractivity contribution in [3.8, 4) is 0 Å². The molecule has 166 valence electrons. The molecule has 0 bridgehead atoms. The highest BCUT2D eigenvalue weighted by molar-refractivity contribution is 5.66. The number of aliphatic hydroxyl groups excluding tert-OH is 2. The Morgan fingerprint density at radius 2 is 1.66 bits per heavy atom. The normalized spacial score (nSPS) is 52.9. The average Bonchev–Trinajstić information content (AvgIpc) is 3.02. The van der Waals surface area contributed by atoms with E-state index in [0.717, 1.165) is 25.7 Å². The summed E-state index contributed by atoms with van der Waals surface area (Å²) in [5.74, 6) is 2.50. The SMILES string of the molecule is C[C@H]1[C@@H](O)[C@@H]2[C@H](CC[C@]3(C)[C@@H]([C@H](C)CCC(=O)O)CC[C@@H]23)[C@@]2(C)CC[C@@H](O)C[C@@H]12. The molecule has 0 amide bonds. The molecule has 4 aliphatic carbocycles. The lowest BCUT2D eigenvalue weighted by molar-refractivity contribution is -0.199. The van der Waals surface area contributed by atoms with E-state index >= 15 is 0 Å². The fraction of sp³-hybridized carbons (Fsp3) is 0.960. The molecule has 4 aliphatic rings. The van der Waals surface area contributed by atoms with Crippen LogP contribution in [0.1, 0.15) is 85.5 Å². The molecule has 0 aliphatic heterocycles. The molecule has 0 saturated heterocycles. The molecule has 0 heterocycles. The van der Waals surface area contributed by atoms with Crippen LogP contribution in [0.5, 0.6) is 0 Å². The molecule has 0 spiro atoms. The molecular formula is C25H42O4. The van der Waals surface area contributed by atoms with Crippen molar-refractivity contribution in [2.24, 2.45) is 52.3 Å². The minimum Gasteiger partial charge on any atom is -0.481 e. The fourth-order valence-electron chi connectivity index (χ4n) is 9.18. The summed E-state index contributed by atoms with van der Waals surface area (Å²) >= 11 is 0. The van der Waals surface area contributed by atoms with Crippen LogP contribution in [0.4, 0.5) is 0 Å². The predicted octanol–water partition coefficient (Wildman–Crippen LogP) is 4.72. The first-order valence-electron chi connectivity index (χ1n) is 12.2. The Bertz CT molecular complexity index is 634. The summed E-state index contributed by atoms with van der Waals surface area (Å²) < 4.78 is 0. The van der Waals surface area contributed by atoms with Crippen LogP contribution in [0.25, 0.3) is 0 Å². The highest BCUT2D eigenvalue weighted by Gasteiger charge is 2.64. The molecule has 0 aromatic carbocycles. The lowest BCUT2D eigenvalue weighted by atomic mass is 9.42. The Morgan fingerprint density at radius 3 is 2.34 bits per heavy atom. The Hall–Kier alpha value is -0.610. The third kappa shape index (κ3) is 3.28. The van der Waals surface area contributed by atoms with E-state index in [9.17, 15) is 15.0 Å². The summed E-state index contributed by atoms with van der Waals surface area (Å²) in [6.45, 7) is 9.41. The minimum absolute atomic E-state index is 0.195. The molecule has 29 heavy (non-hydrogen) atoms. The van der Waals surface area contributed by atoms with Gasteiger partial charge in [0.15, 0.2) is 0 Å². The van der Waals surface area contributed by atoms with E-state index in [1.54, 1.807) is 0 Å². The number of aliphatic hydroxyl groups is 2. The lowest BCUT2D eigenvalue weighted by Crippen LogP contribution is -2.61. The number of hydrogen-bond acceptors (Lipinski definition) is 3. The smallest absolute Gasteiger partial charge is 0.303 e. The van der Waals surface area contributed by atoms with Gasteiger partial charge in [-0.3, -0.25) is 4.79 Å². The van der Waals surface area contributed by atoms with Crippen LogP contribution in [-0.4, -0.2) is 33.5 Å². The molecule has 0 aromatic heterocycles. The molecule has 11 atom stereocenters. The molecular weight excluding hydrogens is 364 g/mol. The van der Waals surface area contributed by atoms with Crippen molar-refractivity contribution < 1.29 is 20.1 Å². The highest BCUT2D eigenvalue weighted by Crippen LogP contribution is 2.69. The van der Waals surface area contributed by atoms with Crippen LogP contribution in [0, 0.1) is 52.3 Å². The van der Waals surface area contributed by atoms with Gasteiger partial charge in [-0.15, -0.1) is 0 Å². The molecule has 3 N–H and O–H groups in total. The van der Waals surface area contributed by atoms with Crippen molar-refractivity contribution in [2.75, 3.05) is 0 Å². The van der Waals surface area contributed by atoms with Crippen LogP contribution in [0.15, 0.2) is 0 Å². The monoisotopic (exact) mass is 406 g/mol. The van der Waals surface area contributed by atoms with Gasteiger partial charge in [0, 0.05) is 6.42 Å². The van der Waals surface area contributed by atoms with Crippen LogP contribution in [0.2, 0.25) is 0 Å². The summed E-state index contributed by atoms with van der Waals surface area (Å²) in [6, 6.07) is 0. The maximum absolute atomic E-state index is 11.5. The predicted molar refractivity (Wildman–Crippen MR) is 113 cm³/mol. The van der Waals surface area contributed by atoms with Gasteiger partial charge in [-0.05, 0) is 104 Å². The van der Waals surface area contributed by atoms with Crippen molar-refractivity contribution in [1.82, 2.24) is 0 Å². The van der Waals surface area contributed by atoms with Gasteiger partial charge in [0.1, 0.15) is 0 Å². The standard InChI is InChI=1S/C25H42O4/c1-14(5-8-21(27)28)17-6-7-18-22-19(10-12-24(17,18)3)25(4)11-9-16(26)13-20(25)15(2)23(22)29/h14-20,22-23,26,29H,5-13H2,1-4H3,(H,27,28)/t14-,15-,16-,17-,18+,19+,20+,22+,23-,24-,25-/m1/s1. The quantitative estimate of drug-likeness (QED) is 0.631. The number of fused-ring (bicyclic) bond motifs is 5. The summed E-state index contributed by atoms with van der Waals surface area (Å²) in [4.78, 5) is 11.1. The fourth-order valence-corrected chi connectivity index (χ4v) is 9.18. The maximum Gasteiger partial charge on any atom is 0.303 e. The summed E-state index contributed by atoms with van der Waals surface area (Å²) in [7, 11) is 0. The summed E-state index contributed by atoms with van der Waals surface area (Å²) in [6.07, 6.45) is 8.22. The van der Waals surface area contributed by atoms with Crippen LogP contribution >= 0.6 is 0 Å². The second-order valence-electron chi connectivity index (χ2n) is 11.8. The van der Waals surface area contributed by atoms with Crippen molar-refractivity contribution in [3.05, 3.63) is 0 Å².